The fourth-order valence-corrected chi connectivity index (χ4v) is 5.47. The van der Waals surface area contributed by atoms with Crippen molar-refractivity contribution in [1.82, 2.24) is 14.8 Å². The second kappa shape index (κ2) is 8.09. The molecule has 178 valence electrons. The quantitative estimate of drug-likeness (QED) is 0.626. The number of esters is 1. The lowest BCUT2D eigenvalue weighted by Crippen LogP contribution is -2.52. The summed E-state index contributed by atoms with van der Waals surface area (Å²) >= 11 is 0. The molecule has 1 amide bonds. The van der Waals surface area contributed by atoms with E-state index in [1.165, 1.54) is 4.90 Å². The minimum Gasteiger partial charge on any atom is -0.450 e. The number of piperidine rings is 1. The van der Waals surface area contributed by atoms with Crippen LogP contribution in [0.4, 0.5) is 13.2 Å². The number of ether oxygens (including phenoxy) is 2. The second-order valence-electron chi connectivity index (χ2n) is 9.25. The molecule has 1 spiro atoms. The topological polar surface area (TPSA) is 72.0 Å². The maximum Gasteiger partial charge on any atom is 0.417 e. The Morgan fingerprint density at radius 2 is 1.88 bits per heavy atom. The van der Waals surface area contributed by atoms with Crippen molar-refractivity contribution in [2.75, 3.05) is 26.3 Å². The van der Waals surface area contributed by atoms with Gasteiger partial charge in [-0.15, -0.1) is 0 Å². The van der Waals surface area contributed by atoms with Crippen LogP contribution < -0.4 is 0 Å². The molecule has 1 aromatic rings. The largest absolute Gasteiger partial charge is 0.450 e. The van der Waals surface area contributed by atoms with E-state index in [2.05, 4.69) is 9.88 Å². The molecule has 7 nitrogen and oxygen atoms in total. The van der Waals surface area contributed by atoms with E-state index in [1.807, 2.05) is 0 Å². The smallest absolute Gasteiger partial charge is 0.417 e. The molecule has 4 aliphatic rings. The lowest BCUT2D eigenvalue weighted by molar-refractivity contribution is -0.152. The van der Waals surface area contributed by atoms with E-state index in [9.17, 15) is 22.8 Å². The fraction of sp³-hybridized carbons (Fsp3) is 0.609. The first-order valence-corrected chi connectivity index (χ1v) is 11.3. The van der Waals surface area contributed by atoms with Crippen molar-refractivity contribution in [2.24, 2.45) is 0 Å². The van der Waals surface area contributed by atoms with E-state index in [0.717, 1.165) is 38.3 Å². The van der Waals surface area contributed by atoms with Crippen LogP contribution in [0.2, 0.25) is 0 Å². The number of hydrogen-bond donors (Lipinski definition) is 0. The maximum absolute atomic E-state index is 13.6. The molecule has 0 bridgehead atoms. The predicted octanol–water partition coefficient (Wildman–Crippen LogP) is 2.83. The summed E-state index contributed by atoms with van der Waals surface area (Å²) < 4.78 is 50.4. The van der Waals surface area contributed by atoms with Gasteiger partial charge in [0.15, 0.2) is 0 Å². The van der Waals surface area contributed by atoms with Crippen LogP contribution in [0, 0.1) is 0 Å². The Kier molecular flexibility index (Phi) is 5.48. The van der Waals surface area contributed by atoms with Crippen LogP contribution in [0.1, 0.15) is 49.4 Å². The maximum atomic E-state index is 13.6. The monoisotopic (exact) mass is 465 g/mol. The van der Waals surface area contributed by atoms with Gasteiger partial charge in [-0.2, -0.15) is 13.2 Å². The van der Waals surface area contributed by atoms with Gasteiger partial charge in [-0.05, 0) is 31.4 Å². The summed E-state index contributed by atoms with van der Waals surface area (Å²) in [5, 5.41) is 0. The van der Waals surface area contributed by atoms with Gasteiger partial charge in [-0.1, -0.05) is 0 Å². The minimum atomic E-state index is -4.49. The highest BCUT2D eigenvalue weighted by Gasteiger charge is 2.52. The average Bonchev–Trinajstić information content (AvgIpc) is 3.32. The number of alkyl halides is 3. The Morgan fingerprint density at radius 3 is 2.55 bits per heavy atom. The third kappa shape index (κ3) is 3.93. The standard InChI is InChI=1S/C23H26F3N3O4/c1-14-19(20(30)29-12-15-10-16(23(24,25)26)11-27-18(15)13-29)22(33-21(14)31)4-6-28(7-5-22)17-2-8-32-9-3-17/h10-11,17H,2-9,12-13H2,1H3. The molecule has 2 fully saturated rings. The molecule has 1 aromatic heterocycles. The first kappa shape index (κ1) is 22.3. The van der Waals surface area contributed by atoms with Gasteiger partial charge in [0.1, 0.15) is 5.60 Å². The van der Waals surface area contributed by atoms with Crippen molar-refractivity contribution < 1.29 is 32.2 Å². The minimum absolute atomic E-state index is 0.0281. The number of fused-ring (bicyclic) bond motifs is 1. The Balaban J connectivity index is 1.34. The van der Waals surface area contributed by atoms with Crippen molar-refractivity contribution in [3.63, 3.8) is 0 Å². The molecule has 0 unspecified atom stereocenters. The lowest BCUT2D eigenvalue weighted by atomic mass is 9.81. The Hall–Kier alpha value is -2.46. The van der Waals surface area contributed by atoms with Gasteiger partial charge in [0.05, 0.1) is 23.4 Å². The van der Waals surface area contributed by atoms with Crippen LogP contribution in [-0.2, 0) is 38.3 Å². The predicted molar refractivity (Wildman–Crippen MR) is 110 cm³/mol. The fourth-order valence-electron chi connectivity index (χ4n) is 5.47. The molecule has 10 heteroatoms. The number of carbonyl (C=O) groups excluding carboxylic acids is 2. The zero-order valence-electron chi connectivity index (χ0n) is 18.4. The third-order valence-electron chi connectivity index (χ3n) is 7.33. The van der Waals surface area contributed by atoms with Crippen molar-refractivity contribution in [3.8, 4) is 0 Å². The zero-order chi connectivity index (χ0) is 23.4. The lowest BCUT2D eigenvalue weighted by Gasteiger charge is -2.43. The van der Waals surface area contributed by atoms with E-state index < -0.39 is 23.3 Å². The van der Waals surface area contributed by atoms with Crippen LogP contribution in [0.5, 0.6) is 0 Å². The number of likely N-dealkylation sites (tertiary alicyclic amines) is 1. The molecule has 0 saturated carbocycles. The highest BCUT2D eigenvalue weighted by atomic mass is 19.4. The molecule has 2 saturated heterocycles. The van der Waals surface area contributed by atoms with Crippen LogP contribution in [0.25, 0.3) is 0 Å². The summed E-state index contributed by atoms with van der Waals surface area (Å²) in [7, 11) is 0. The van der Waals surface area contributed by atoms with E-state index in [0.29, 0.717) is 54.4 Å². The molecule has 5 heterocycles. The van der Waals surface area contributed by atoms with Gasteiger partial charge >= 0.3 is 12.1 Å². The molecule has 0 aliphatic carbocycles. The van der Waals surface area contributed by atoms with E-state index in [4.69, 9.17) is 9.47 Å². The average molecular weight is 465 g/mol. The Bertz CT molecular complexity index is 1010. The zero-order valence-corrected chi connectivity index (χ0v) is 18.4. The molecule has 0 N–H and O–H groups in total. The number of rotatable bonds is 2. The van der Waals surface area contributed by atoms with Gasteiger partial charge in [0, 0.05) is 63.5 Å². The van der Waals surface area contributed by atoms with Gasteiger partial charge in [-0.3, -0.25) is 14.7 Å². The molecule has 0 aromatic carbocycles. The number of amides is 1. The Labute approximate surface area is 189 Å². The van der Waals surface area contributed by atoms with E-state index >= 15 is 0 Å². The summed E-state index contributed by atoms with van der Waals surface area (Å²) in [6.45, 7) is 4.63. The van der Waals surface area contributed by atoms with Gasteiger partial charge in [-0.25, -0.2) is 4.79 Å². The highest BCUT2D eigenvalue weighted by molar-refractivity contribution is 6.07. The highest BCUT2D eigenvalue weighted by Crippen LogP contribution is 2.43. The molecule has 0 atom stereocenters. The first-order chi connectivity index (χ1) is 15.7. The summed E-state index contributed by atoms with van der Waals surface area (Å²) in [5.41, 5.74) is -0.336. The summed E-state index contributed by atoms with van der Waals surface area (Å²) in [5.74, 6) is -0.850. The summed E-state index contributed by atoms with van der Waals surface area (Å²) in [6.07, 6.45) is -0.726. The van der Waals surface area contributed by atoms with Gasteiger partial charge in [0.25, 0.3) is 5.91 Å². The number of halogens is 3. The van der Waals surface area contributed by atoms with Crippen LogP contribution in [0.3, 0.4) is 0 Å². The normalized spacial score (nSPS) is 23.9. The number of pyridine rings is 1. The van der Waals surface area contributed by atoms with Gasteiger partial charge < -0.3 is 14.4 Å². The number of carbonyl (C=O) groups is 2. The van der Waals surface area contributed by atoms with Crippen LogP contribution >= 0.6 is 0 Å². The molecule has 33 heavy (non-hydrogen) atoms. The van der Waals surface area contributed by atoms with Crippen molar-refractivity contribution in [1.29, 1.82) is 0 Å². The summed E-state index contributed by atoms with van der Waals surface area (Å²) in [4.78, 5) is 33.9. The molecular weight excluding hydrogens is 439 g/mol. The van der Waals surface area contributed by atoms with Crippen molar-refractivity contribution >= 4 is 11.9 Å². The van der Waals surface area contributed by atoms with Crippen LogP contribution in [-0.4, -0.2) is 64.6 Å². The second-order valence-corrected chi connectivity index (χ2v) is 9.25. The molecule has 0 radical (unpaired) electrons. The Morgan fingerprint density at radius 1 is 1.18 bits per heavy atom. The number of nitrogens with zero attached hydrogens (tertiary/aromatic N) is 3. The van der Waals surface area contributed by atoms with Gasteiger partial charge in [0.2, 0.25) is 0 Å². The van der Waals surface area contributed by atoms with Crippen molar-refractivity contribution in [2.45, 2.75) is 63.5 Å². The molecule has 4 aliphatic heterocycles. The van der Waals surface area contributed by atoms with E-state index in [-0.39, 0.29) is 19.0 Å². The summed E-state index contributed by atoms with van der Waals surface area (Å²) in [6, 6.07) is 1.48. The molecule has 5 rings (SSSR count). The number of hydrogen-bond acceptors (Lipinski definition) is 6. The molecular formula is C23H26F3N3O4. The number of aromatic nitrogens is 1. The first-order valence-electron chi connectivity index (χ1n) is 11.3. The van der Waals surface area contributed by atoms with Crippen LogP contribution in [0.15, 0.2) is 23.4 Å². The SMILES string of the molecule is CC1=C(C(=O)N2Cc3cc(C(F)(F)F)cnc3C2)C2(CCN(C3CCOCC3)CC2)OC1=O. The third-order valence-corrected chi connectivity index (χ3v) is 7.33. The van der Waals surface area contributed by atoms with Crippen molar-refractivity contribution in [3.05, 3.63) is 40.2 Å². The van der Waals surface area contributed by atoms with E-state index in [1.54, 1.807) is 6.92 Å².